The van der Waals surface area contributed by atoms with Crippen molar-refractivity contribution in [3.8, 4) is 0 Å². The van der Waals surface area contributed by atoms with Gasteiger partial charge in [0.1, 0.15) is 17.3 Å². The Hall–Kier alpha value is -1.56. The Morgan fingerprint density at radius 2 is 2.06 bits per heavy atom. The minimum Gasteiger partial charge on any atom is -0.465 e. The minimum atomic E-state index is -0.775. The summed E-state index contributed by atoms with van der Waals surface area (Å²) in [4.78, 5) is 18.8. The summed E-state index contributed by atoms with van der Waals surface area (Å²) < 4.78 is 0. The Morgan fingerprint density at radius 1 is 1.44 bits per heavy atom. The fourth-order valence-corrected chi connectivity index (χ4v) is 1.41. The number of hydrogen-bond donors (Lipinski definition) is 2. The van der Waals surface area contributed by atoms with Crippen LogP contribution in [0.1, 0.15) is 12.8 Å². The summed E-state index contributed by atoms with van der Waals surface area (Å²) in [6.45, 7) is 1.46. The Balaban J connectivity index is 0.000000160. The van der Waals surface area contributed by atoms with Crippen LogP contribution in [0.2, 0.25) is 5.15 Å². The molecule has 3 N–H and O–H groups in total. The highest BCUT2D eigenvalue weighted by molar-refractivity contribution is 6.29. The van der Waals surface area contributed by atoms with Crippen LogP contribution in [-0.4, -0.2) is 39.2 Å². The van der Waals surface area contributed by atoms with Gasteiger partial charge in [-0.15, -0.1) is 0 Å². The number of anilines is 1. The smallest absolute Gasteiger partial charge is 0.407 e. The Bertz CT molecular complexity index is 338. The number of nitrogens with zero attached hydrogens (tertiary/aromatic N) is 3. The van der Waals surface area contributed by atoms with Crippen molar-refractivity contribution in [3.63, 3.8) is 0 Å². The molecule has 1 saturated heterocycles. The number of rotatable bonds is 0. The van der Waals surface area contributed by atoms with E-state index in [1.165, 1.54) is 17.3 Å². The number of amides is 1. The lowest BCUT2D eigenvalue weighted by atomic mass is 10.4. The highest BCUT2D eigenvalue weighted by Crippen LogP contribution is 2.06. The first-order valence-corrected chi connectivity index (χ1v) is 5.18. The predicted octanol–water partition coefficient (Wildman–Crippen LogP) is 1.47. The highest BCUT2D eigenvalue weighted by Gasteiger charge is 2.15. The molecule has 0 spiro atoms. The van der Waals surface area contributed by atoms with E-state index in [1.807, 2.05) is 0 Å². The van der Waals surface area contributed by atoms with Gasteiger partial charge in [0, 0.05) is 19.2 Å². The first-order valence-electron chi connectivity index (χ1n) is 4.80. The van der Waals surface area contributed by atoms with E-state index in [-0.39, 0.29) is 0 Å². The lowest BCUT2D eigenvalue weighted by molar-refractivity contribution is 0.156. The van der Waals surface area contributed by atoms with Gasteiger partial charge in [0.15, 0.2) is 0 Å². The van der Waals surface area contributed by atoms with Crippen LogP contribution in [0.3, 0.4) is 0 Å². The van der Waals surface area contributed by atoms with Gasteiger partial charge in [-0.25, -0.2) is 14.8 Å². The molecular weight excluding hydrogens is 232 g/mol. The van der Waals surface area contributed by atoms with Gasteiger partial charge in [-0.05, 0) is 12.8 Å². The van der Waals surface area contributed by atoms with E-state index in [0.29, 0.717) is 11.0 Å². The normalized spacial score (nSPS) is 14.2. The number of halogens is 1. The number of hydrogen-bond acceptors (Lipinski definition) is 4. The second-order valence-electron chi connectivity index (χ2n) is 3.24. The zero-order chi connectivity index (χ0) is 12.0. The van der Waals surface area contributed by atoms with Crippen LogP contribution in [0.25, 0.3) is 0 Å². The Morgan fingerprint density at radius 3 is 2.38 bits per heavy atom. The van der Waals surface area contributed by atoms with Gasteiger partial charge < -0.3 is 15.7 Å². The van der Waals surface area contributed by atoms with Gasteiger partial charge in [-0.1, -0.05) is 11.6 Å². The van der Waals surface area contributed by atoms with Gasteiger partial charge >= 0.3 is 6.09 Å². The molecule has 1 fully saturated rings. The first-order chi connectivity index (χ1) is 7.59. The molecule has 16 heavy (non-hydrogen) atoms. The maximum Gasteiger partial charge on any atom is 0.407 e. The Labute approximate surface area is 98.1 Å². The van der Waals surface area contributed by atoms with Crippen molar-refractivity contribution >= 4 is 23.5 Å². The topological polar surface area (TPSA) is 92.3 Å². The fourth-order valence-electron chi connectivity index (χ4n) is 1.26. The SMILES string of the molecule is Nc1cc(Cl)ncn1.O=C(O)N1CCCC1. The highest BCUT2D eigenvalue weighted by atomic mass is 35.5. The van der Waals surface area contributed by atoms with Crippen LogP contribution in [-0.2, 0) is 0 Å². The molecule has 0 atom stereocenters. The number of carbonyl (C=O) groups is 1. The van der Waals surface area contributed by atoms with Crippen molar-refractivity contribution in [1.82, 2.24) is 14.9 Å². The van der Waals surface area contributed by atoms with E-state index in [1.54, 1.807) is 0 Å². The first kappa shape index (κ1) is 12.5. The van der Waals surface area contributed by atoms with Crippen molar-refractivity contribution in [2.24, 2.45) is 0 Å². The summed E-state index contributed by atoms with van der Waals surface area (Å²) in [6.07, 6.45) is 2.61. The lowest BCUT2D eigenvalue weighted by Gasteiger charge is -2.07. The van der Waals surface area contributed by atoms with E-state index >= 15 is 0 Å². The summed E-state index contributed by atoms with van der Waals surface area (Å²) in [5, 5.41) is 8.71. The van der Waals surface area contributed by atoms with E-state index in [4.69, 9.17) is 22.4 Å². The third-order valence-electron chi connectivity index (χ3n) is 2.03. The lowest BCUT2D eigenvalue weighted by Crippen LogP contribution is -2.25. The zero-order valence-electron chi connectivity index (χ0n) is 8.64. The summed E-state index contributed by atoms with van der Waals surface area (Å²) in [7, 11) is 0. The Kier molecular flexibility index (Phi) is 4.78. The molecule has 0 unspecified atom stereocenters. The summed E-state index contributed by atoms with van der Waals surface area (Å²) in [5.74, 6) is 0.394. The summed E-state index contributed by atoms with van der Waals surface area (Å²) in [6, 6.07) is 1.49. The third kappa shape index (κ3) is 4.31. The molecule has 88 valence electrons. The number of carboxylic acid groups (broad SMARTS) is 1. The largest absolute Gasteiger partial charge is 0.465 e. The standard InChI is InChI=1S/C5H9NO2.C4H4ClN3/c7-5(8)6-3-1-2-4-6;5-3-1-4(6)8-2-7-3/h1-4H2,(H,7,8);1-2H,(H2,6,7,8). The average molecular weight is 245 g/mol. The monoisotopic (exact) mass is 244 g/mol. The fraction of sp³-hybridized carbons (Fsp3) is 0.444. The van der Waals surface area contributed by atoms with Crippen LogP contribution in [0.5, 0.6) is 0 Å². The number of likely N-dealkylation sites (tertiary alicyclic amines) is 1. The molecule has 6 nitrogen and oxygen atoms in total. The number of nitrogen functional groups attached to an aromatic ring is 1. The minimum absolute atomic E-state index is 0.373. The summed E-state index contributed by atoms with van der Waals surface area (Å²) >= 11 is 5.41. The molecule has 1 aromatic heterocycles. The van der Waals surface area contributed by atoms with Crippen molar-refractivity contribution < 1.29 is 9.90 Å². The van der Waals surface area contributed by atoms with Crippen LogP contribution in [0, 0.1) is 0 Å². The van der Waals surface area contributed by atoms with Gasteiger partial charge in [-0.2, -0.15) is 0 Å². The predicted molar refractivity (Wildman–Crippen MR) is 60.3 cm³/mol. The van der Waals surface area contributed by atoms with Crippen LogP contribution in [0.4, 0.5) is 10.6 Å². The molecule has 1 aliphatic heterocycles. The quantitative estimate of drug-likeness (QED) is 0.674. The van der Waals surface area contributed by atoms with Gasteiger partial charge in [0.05, 0.1) is 0 Å². The molecule has 0 aliphatic carbocycles. The van der Waals surface area contributed by atoms with Gasteiger partial charge in [-0.3, -0.25) is 0 Å². The molecule has 7 heteroatoms. The van der Waals surface area contributed by atoms with Crippen molar-refractivity contribution in [1.29, 1.82) is 0 Å². The molecule has 1 aliphatic rings. The second-order valence-corrected chi connectivity index (χ2v) is 3.63. The maximum atomic E-state index is 10.1. The third-order valence-corrected chi connectivity index (χ3v) is 2.24. The molecule has 0 radical (unpaired) electrons. The van der Waals surface area contributed by atoms with E-state index < -0.39 is 6.09 Å². The maximum absolute atomic E-state index is 10.1. The van der Waals surface area contributed by atoms with E-state index in [0.717, 1.165) is 25.9 Å². The molecule has 1 amide bonds. The van der Waals surface area contributed by atoms with Gasteiger partial charge in [0.2, 0.25) is 0 Å². The molecular formula is C9H13ClN4O2. The molecule has 1 aromatic rings. The van der Waals surface area contributed by atoms with Crippen LogP contribution < -0.4 is 5.73 Å². The van der Waals surface area contributed by atoms with Crippen LogP contribution in [0.15, 0.2) is 12.4 Å². The van der Waals surface area contributed by atoms with Gasteiger partial charge in [0.25, 0.3) is 0 Å². The summed E-state index contributed by atoms with van der Waals surface area (Å²) in [5.41, 5.74) is 5.22. The van der Waals surface area contributed by atoms with Crippen molar-refractivity contribution in [2.45, 2.75) is 12.8 Å². The molecule has 2 rings (SSSR count). The second kappa shape index (κ2) is 6.12. The number of nitrogens with two attached hydrogens (primary N) is 1. The number of aromatic nitrogens is 2. The van der Waals surface area contributed by atoms with E-state index in [2.05, 4.69) is 9.97 Å². The zero-order valence-corrected chi connectivity index (χ0v) is 9.39. The van der Waals surface area contributed by atoms with Crippen molar-refractivity contribution in [3.05, 3.63) is 17.5 Å². The average Bonchev–Trinajstić information content (AvgIpc) is 2.70. The van der Waals surface area contributed by atoms with Crippen molar-refractivity contribution in [2.75, 3.05) is 18.8 Å². The molecule has 2 heterocycles. The molecule has 0 saturated carbocycles. The van der Waals surface area contributed by atoms with E-state index in [9.17, 15) is 4.79 Å². The van der Waals surface area contributed by atoms with Crippen LogP contribution >= 0.6 is 11.6 Å². The molecule has 0 aromatic carbocycles. The molecule has 0 bridgehead atoms.